The van der Waals surface area contributed by atoms with Gasteiger partial charge in [0.15, 0.2) is 0 Å². The molecule has 1 aliphatic rings. The van der Waals surface area contributed by atoms with Crippen LogP contribution in [0.25, 0.3) is 0 Å². The second-order valence-electron chi connectivity index (χ2n) is 6.12. The molecule has 1 atom stereocenters. The van der Waals surface area contributed by atoms with Gasteiger partial charge in [0.2, 0.25) is 5.88 Å². The van der Waals surface area contributed by atoms with Gasteiger partial charge in [-0.1, -0.05) is 0 Å². The number of aliphatic carboxylic acids is 1. The highest BCUT2D eigenvalue weighted by Crippen LogP contribution is 2.23. The third kappa shape index (κ3) is 6.59. The number of aromatic nitrogens is 4. The summed E-state index contributed by atoms with van der Waals surface area (Å²) in [5, 5.41) is 7.12. The van der Waals surface area contributed by atoms with Crippen molar-refractivity contribution in [3.63, 3.8) is 0 Å². The topological polar surface area (TPSA) is 103 Å². The van der Waals surface area contributed by atoms with Gasteiger partial charge in [-0.15, -0.1) is 0 Å². The number of carboxylic acid groups (broad SMARTS) is 1. The first-order valence-corrected chi connectivity index (χ1v) is 8.73. The first kappa shape index (κ1) is 22.4. The molecule has 2 aromatic heterocycles. The fraction of sp³-hybridized carbons (Fsp3) is 0.529. The van der Waals surface area contributed by atoms with Crippen LogP contribution in [0.4, 0.5) is 19.0 Å². The lowest BCUT2D eigenvalue weighted by Gasteiger charge is -2.24. The van der Waals surface area contributed by atoms with Crippen LogP contribution in [0, 0.1) is 5.92 Å². The van der Waals surface area contributed by atoms with E-state index in [2.05, 4.69) is 24.4 Å². The molecule has 29 heavy (non-hydrogen) atoms. The molecular formula is C17H22F3N5O4. The van der Waals surface area contributed by atoms with E-state index < -0.39 is 12.1 Å². The van der Waals surface area contributed by atoms with Crippen LogP contribution in [0.2, 0.25) is 0 Å². The van der Waals surface area contributed by atoms with E-state index in [1.54, 1.807) is 7.11 Å². The lowest BCUT2D eigenvalue weighted by atomic mass is 10.1. The Morgan fingerprint density at radius 1 is 1.31 bits per heavy atom. The van der Waals surface area contributed by atoms with Crippen LogP contribution in [0.15, 0.2) is 24.8 Å². The SMILES string of the molecule is CCOCC1CN(c2cc(OC)ncn2)Cc2nccn2C1.O=C(O)C(F)(F)F. The monoisotopic (exact) mass is 417 g/mol. The Kier molecular flexibility index (Phi) is 7.76. The van der Waals surface area contributed by atoms with Gasteiger partial charge in [-0.05, 0) is 6.92 Å². The van der Waals surface area contributed by atoms with Crippen molar-refractivity contribution in [1.29, 1.82) is 0 Å². The maximum Gasteiger partial charge on any atom is 0.490 e. The number of ether oxygens (including phenoxy) is 2. The molecule has 1 aliphatic heterocycles. The van der Waals surface area contributed by atoms with Gasteiger partial charge in [-0.25, -0.2) is 19.7 Å². The van der Waals surface area contributed by atoms with E-state index in [9.17, 15) is 13.2 Å². The summed E-state index contributed by atoms with van der Waals surface area (Å²) < 4.78 is 44.8. The summed E-state index contributed by atoms with van der Waals surface area (Å²) in [7, 11) is 1.61. The van der Waals surface area contributed by atoms with Crippen molar-refractivity contribution >= 4 is 11.8 Å². The van der Waals surface area contributed by atoms with Crippen molar-refractivity contribution in [2.75, 3.05) is 31.8 Å². The fourth-order valence-electron chi connectivity index (χ4n) is 2.72. The minimum Gasteiger partial charge on any atom is -0.481 e. The number of rotatable bonds is 5. The molecule has 3 rings (SSSR count). The zero-order valence-electron chi connectivity index (χ0n) is 16.0. The molecule has 0 saturated heterocycles. The van der Waals surface area contributed by atoms with Crippen LogP contribution in [0.1, 0.15) is 12.7 Å². The van der Waals surface area contributed by atoms with Crippen LogP contribution in [-0.2, 0) is 22.6 Å². The summed E-state index contributed by atoms with van der Waals surface area (Å²) >= 11 is 0. The summed E-state index contributed by atoms with van der Waals surface area (Å²) in [6, 6.07) is 1.86. The van der Waals surface area contributed by atoms with Crippen LogP contribution in [0.3, 0.4) is 0 Å². The highest BCUT2D eigenvalue weighted by atomic mass is 19.4. The molecule has 12 heteroatoms. The van der Waals surface area contributed by atoms with Gasteiger partial charge >= 0.3 is 12.1 Å². The van der Waals surface area contributed by atoms with E-state index in [1.165, 1.54) is 6.33 Å². The first-order valence-electron chi connectivity index (χ1n) is 8.73. The molecule has 160 valence electrons. The number of hydrogen-bond donors (Lipinski definition) is 1. The van der Waals surface area contributed by atoms with Crippen LogP contribution >= 0.6 is 0 Å². The van der Waals surface area contributed by atoms with Crippen molar-refractivity contribution in [1.82, 2.24) is 19.5 Å². The Morgan fingerprint density at radius 3 is 2.66 bits per heavy atom. The van der Waals surface area contributed by atoms with Gasteiger partial charge in [-0.2, -0.15) is 13.2 Å². The molecule has 1 N–H and O–H groups in total. The second kappa shape index (κ2) is 10.0. The third-order valence-corrected chi connectivity index (χ3v) is 4.03. The van der Waals surface area contributed by atoms with E-state index in [0.717, 1.165) is 44.5 Å². The molecule has 0 aliphatic carbocycles. The smallest absolute Gasteiger partial charge is 0.481 e. The van der Waals surface area contributed by atoms with E-state index in [1.807, 2.05) is 25.4 Å². The number of nitrogens with zero attached hydrogens (tertiary/aromatic N) is 5. The highest BCUT2D eigenvalue weighted by molar-refractivity contribution is 5.73. The molecule has 3 heterocycles. The molecule has 2 aromatic rings. The summed E-state index contributed by atoms with van der Waals surface area (Å²) in [4.78, 5) is 24.0. The average molecular weight is 417 g/mol. The minimum absolute atomic E-state index is 0.386. The Hall–Kier alpha value is -2.89. The molecular weight excluding hydrogens is 395 g/mol. The lowest BCUT2D eigenvalue weighted by molar-refractivity contribution is -0.192. The highest BCUT2D eigenvalue weighted by Gasteiger charge is 2.38. The van der Waals surface area contributed by atoms with Crippen molar-refractivity contribution < 1.29 is 32.5 Å². The zero-order chi connectivity index (χ0) is 21.4. The van der Waals surface area contributed by atoms with Gasteiger partial charge in [0.05, 0.1) is 20.3 Å². The minimum atomic E-state index is -5.08. The number of anilines is 1. The molecule has 0 saturated carbocycles. The number of fused-ring (bicyclic) bond motifs is 1. The maximum absolute atomic E-state index is 10.6. The Bertz CT molecular complexity index is 799. The number of alkyl halides is 3. The summed E-state index contributed by atoms with van der Waals surface area (Å²) in [5.41, 5.74) is 0. The van der Waals surface area contributed by atoms with Crippen molar-refractivity contribution in [3.05, 3.63) is 30.6 Å². The van der Waals surface area contributed by atoms with Gasteiger partial charge < -0.3 is 24.0 Å². The number of carboxylic acids is 1. The van der Waals surface area contributed by atoms with E-state index in [4.69, 9.17) is 19.4 Å². The molecule has 0 aromatic carbocycles. The predicted molar refractivity (Wildman–Crippen MR) is 95.5 cm³/mol. The summed E-state index contributed by atoms with van der Waals surface area (Å²) in [5.74, 6) is 0.0872. The van der Waals surface area contributed by atoms with Gasteiger partial charge in [0.25, 0.3) is 0 Å². The third-order valence-electron chi connectivity index (χ3n) is 4.03. The lowest BCUT2D eigenvalue weighted by Crippen LogP contribution is -2.31. The standard InChI is InChI=1S/C15H21N5O2.C2HF3O2/c1-3-22-10-12-7-19-5-4-16-14(19)9-20(8-12)13-6-15(21-2)18-11-17-13;3-2(4,5)1(6)7/h4-6,11-12H,3,7-10H2,1-2H3;(H,6,7). The number of carbonyl (C=O) groups is 1. The quantitative estimate of drug-likeness (QED) is 0.788. The van der Waals surface area contributed by atoms with Crippen molar-refractivity contribution in [2.45, 2.75) is 26.2 Å². The van der Waals surface area contributed by atoms with E-state index in [0.29, 0.717) is 11.8 Å². The molecule has 0 fully saturated rings. The number of halogens is 3. The predicted octanol–water partition coefficient (Wildman–Crippen LogP) is 1.99. The largest absolute Gasteiger partial charge is 0.490 e. The average Bonchev–Trinajstić information content (AvgIpc) is 3.04. The molecule has 0 bridgehead atoms. The van der Waals surface area contributed by atoms with Gasteiger partial charge in [0.1, 0.15) is 18.0 Å². The fourth-order valence-corrected chi connectivity index (χ4v) is 2.72. The molecule has 0 spiro atoms. The number of imidazole rings is 1. The van der Waals surface area contributed by atoms with Crippen molar-refractivity contribution in [3.8, 4) is 5.88 Å². The second-order valence-corrected chi connectivity index (χ2v) is 6.12. The zero-order valence-corrected chi connectivity index (χ0v) is 16.0. The van der Waals surface area contributed by atoms with Gasteiger partial charge in [-0.3, -0.25) is 0 Å². The van der Waals surface area contributed by atoms with Crippen LogP contribution in [0.5, 0.6) is 5.88 Å². The molecule has 1 unspecified atom stereocenters. The van der Waals surface area contributed by atoms with E-state index >= 15 is 0 Å². The maximum atomic E-state index is 10.6. The van der Waals surface area contributed by atoms with Crippen molar-refractivity contribution in [2.24, 2.45) is 5.92 Å². The summed E-state index contributed by atoms with van der Waals surface area (Å²) in [6.45, 7) is 5.97. The molecule has 0 amide bonds. The Labute approximate surface area is 165 Å². The number of methoxy groups -OCH3 is 1. The summed E-state index contributed by atoms with van der Waals surface area (Å²) in [6.07, 6.45) is 0.318. The van der Waals surface area contributed by atoms with Crippen LogP contribution < -0.4 is 9.64 Å². The van der Waals surface area contributed by atoms with E-state index in [-0.39, 0.29) is 0 Å². The Balaban J connectivity index is 0.000000370. The molecule has 9 nitrogen and oxygen atoms in total. The van der Waals surface area contributed by atoms with Crippen LogP contribution in [-0.4, -0.2) is 63.6 Å². The van der Waals surface area contributed by atoms with Gasteiger partial charge in [0, 0.05) is 44.1 Å². The Morgan fingerprint density at radius 2 is 2.03 bits per heavy atom. The normalized spacial score (nSPS) is 16.3. The molecule has 0 radical (unpaired) electrons. The first-order chi connectivity index (χ1) is 13.7. The number of hydrogen-bond acceptors (Lipinski definition) is 7.